The predicted molar refractivity (Wildman–Crippen MR) is 79.8 cm³/mol. The second-order valence-corrected chi connectivity index (χ2v) is 4.83. The SMILES string of the molecule is Cc1ccc(C(=O)N(C)c2cccc(C#N)c2)cc1C. The quantitative estimate of drug-likeness (QED) is 0.833. The molecule has 2 rings (SSSR count). The van der Waals surface area contributed by atoms with Gasteiger partial charge in [0.1, 0.15) is 0 Å². The zero-order chi connectivity index (χ0) is 14.7. The predicted octanol–water partition coefficient (Wildman–Crippen LogP) is 3.45. The van der Waals surface area contributed by atoms with E-state index in [9.17, 15) is 4.79 Å². The van der Waals surface area contributed by atoms with Crippen LogP contribution in [0.3, 0.4) is 0 Å². The molecule has 3 nitrogen and oxygen atoms in total. The molecule has 0 unspecified atom stereocenters. The summed E-state index contributed by atoms with van der Waals surface area (Å²) in [6.07, 6.45) is 0. The molecule has 3 heteroatoms. The van der Waals surface area contributed by atoms with Gasteiger partial charge in [-0.3, -0.25) is 4.79 Å². The van der Waals surface area contributed by atoms with E-state index in [1.807, 2.05) is 38.1 Å². The van der Waals surface area contributed by atoms with Crippen LogP contribution in [-0.2, 0) is 0 Å². The van der Waals surface area contributed by atoms with E-state index >= 15 is 0 Å². The number of carbonyl (C=O) groups excluding carboxylic acids is 1. The molecule has 0 saturated heterocycles. The van der Waals surface area contributed by atoms with Crippen LogP contribution in [-0.4, -0.2) is 13.0 Å². The van der Waals surface area contributed by atoms with E-state index in [0.29, 0.717) is 16.8 Å². The van der Waals surface area contributed by atoms with Crippen LogP contribution >= 0.6 is 0 Å². The molecule has 2 aromatic carbocycles. The summed E-state index contributed by atoms with van der Waals surface area (Å²) in [4.78, 5) is 14.0. The standard InChI is InChI=1S/C17H16N2O/c1-12-7-8-15(9-13(12)2)17(20)19(3)16-6-4-5-14(10-16)11-18/h4-10H,1-3H3. The molecule has 0 radical (unpaired) electrons. The Kier molecular flexibility index (Phi) is 3.86. The number of nitrogens with zero attached hydrogens (tertiary/aromatic N) is 2. The summed E-state index contributed by atoms with van der Waals surface area (Å²) in [5, 5.41) is 8.91. The summed E-state index contributed by atoms with van der Waals surface area (Å²) in [5.41, 5.74) is 4.16. The third-order valence-electron chi connectivity index (χ3n) is 3.42. The van der Waals surface area contributed by atoms with E-state index in [2.05, 4.69) is 6.07 Å². The summed E-state index contributed by atoms with van der Waals surface area (Å²) in [6.45, 7) is 4.01. The molecule has 0 aliphatic rings. The summed E-state index contributed by atoms with van der Waals surface area (Å²) in [6, 6.07) is 14.8. The van der Waals surface area contributed by atoms with Crippen molar-refractivity contribution in [3.63, 3.8) is 0 Å². The summed E-state index contributed by atoms with van der Waals surface area (Å²) < 4.78 is 0. The van der Waals surface area contributed by atoms with Gasteiger partial charge in [0.05, 0.1) is 11.6 Å². The van der Waals surface area contributed by atoms with Crippen LogP contribution in [0.15, 0.2) is 42.5 Å². The number of carbonyl (C=O) groups is 1. The molecular weight excluding hydrogens is 248 g/mol. The first-order chi connectivity index (χ1) is 9.52. The number of anilines is 1. The van der Waals surface area contributed by atoms with Gasteiger partial charge in [-0.2, -0.15) is 5.26 Å². The molecule has 2 aromatic rings. The Morgan fingerprint density at radius 2 is 1.85 bits per heavy atom. The van der Waals surface area contributed by atoms with Crippen LogP contribution in [0.4, 0.5) is 5.69 Å². The zero-order valence-electron chi connectivity index (χ0n) is 11.8. The lowest BCUT2D eigenvalue weighted by Crippen LogP contribution is -2.26. The Labute approximate surface area is 119 Å². The molecule has 0 aliphatic heterocycles. The van der Waals surface area contributed by atoms with E-state index in [0.717, 1.165) is 11.1 Å². The molecule has 1 amide bonds. The van der Waals surface area contributed by atoms with Crippen molar-refractivity contribution in [2.75, 3.05) is 11.9 Å². The minimum atomic E-state index is -0.0804. The molecule has 0 atom stereocenters. The van der Waals surface area contributed by atoms with Gasteiger partial charge in [-0.15, -0.1) is 0 Å². The van der Waals surface area contributed by atoms with Gasteiger partial charge in [-0.1, -0.05) is 12.1 Å². The minimum Gasteiger partial charge on any atom is -0.311 e. The van der Waals surface area contributed by atoms with Crippen molar-refractivity contribution >= 4 is 11.6 Å². The lowest BCUT2D eigenvalue weighted by molar-refractivity contribution is 0.0993. The maximum absolute atomic E-state index is 12.5. The van der Waals surface area contributed by atoms with E-state index in [-0.39, 0.29) is 5.91 Å². The molecule has 0 heterocycles. The highest BCUT2D eigenvalue weighted by molar-refractivity contribution is 6.05. The number of aryl methyl sites for hydroxylation is 2. The van der Waals surface area contributed by atoms with Gasteiger partial charge >= 0.3 is 0 Å². The Morgan fingerprint density at radius 3 is 2.50 bits per heavy atom. The molecule has 0 spiro atoms. The fraction of sp³-hybridized carbons (Fsp3) is 0.176. The van der Waals surface area contributed by atoms with Crippen molar-refractivity contribution in [3.8, 4) is 6.07 Å². The molecule has 0 fully saturated rings. The van der Waals surface area contributed by atoms with Crippen molar-refractivity contribution in [1.82, 2.24) is 0 Å². The fourth-order valence-electron chi connectivity index (χ4n) is 1.97. The number of nitriles is 1. The lowest BCUT2D eigenvalue weighted by Gasteiger charge is -2.18. The van der Waals surface area contributed by atoms with Gasteiger partial charge in [0.2, 0.25) is 0 Å². The van der Waals surface area contributed by atoms with Gasteiger partial charge in [-0.05, 0) is 55.3 Å². The molecular formula is C17H16N2O. The topological polar surface area (TPSA) is 44.1 Å². The first-order valence-corrected chi connectivity index (χ1v) is 6.38. The zero-order valence-corrected chi connectivity index (χ0v) is 11.8. The van der Waals surface area contributed by atoms with Gasteiger partial charge in [0.15, 0.2) is 0 Å². The minimum absolute atomic E-state index is 0.0804. The van der Waals surface area contributed by atoms with Crippen LogP contribution in [0.2, 0.25) is 0 Å². The highest BCUT2D eigenvalue weighted by Gasteiger charge is 2.14. The highest BCUT2D eigenvalue weighted by Crippen LogP contribution is 2.18. The molecule has 0 bridgehead atoms. The number of hydrogen-bond acceptors (Lipinski definition) is 2. The average molecular weight is 264 g/mol. The van der Waals surface area contributed by atoms with Crippen molar-refractivity contribution in [3.05, 3.63) is 64.7 Å². The van der Waals surface area contributed by atoms with Crippen molar-refractivity contribution in [2.24, 2.45) is 0 Å². The highest BCUT2D eigenvalue weighted by atomic mass is 16.2. The third-order valence-corrected chi connectivity index (χ3v) is 3.42. The second-order valence-electron chi connectivity index (χ2n) is 4.83. The van der Waals surface area contributed by atoms with Crippen LogP contribution in [0, 0.1) is 25.2 Å². The Hall–Kier alpha value is -2.60. The molecule has 0 aromatic heterocycles. The number of benzene rings is 2. The smallest absolute Gasteiger partial charge is 0.258 e. The van der Waals surface area contributed by atoms with Crippen LogP contribution in [0.25, 0.3) is 0 Å². The number of rotatable bonds is 2. The second kappa shape index (κ2) is 5.58. The Morgan fingerprint density at radius 1 is 1.10 bits per heavy atom. The molecule has 100 valence electrons. The van der Waals surface area contributed by atoms with Crippen LogP contribution in [0.1, 0.15) is 27.0 Å². The number of hydrogen-bond donors (Lipinski definition) is 0. The van der Waals surface area contributed by atoms with Gasteiger partial charge < -0.3 is 4.90 Å². The summed E-state index contributed by atoms with van der Waals surface area (Å²) in [5.74, 6) is -0.0804. The molecule has 0 saturated carbocycles. The lowest BCUT2D eigenvalue weighted by atomic mass is 10.1. The fourth-order valence-corrected chi connectivity index (χ4v) is 1.97. The Bertz CT molecular complexity index is 698. The monoisotopic (exact) mass is 264 g/mol. The number of amides is 1. The van der Waals surface area contributed by atoms with Crippen molar-refractivity contribution < 1.29 is 4.79 Å². The molecule has 0 aliphatic carbocycles. The largest absolute Gasteiger partial charge is 0.311 e. The van der Waals surface area contributed by atoms with Gasteiger partial charge in [0, 0.05) is 18.3 Å². The summed E-state index contributed by atoms with van der Waals surface area (Å²) in [7, 11) is 1.72. The van der Waals surface area contributed by atoms with E-state index in [4.69, 9.17) is 5.26 Å². The average Bonchev–Trinajstić information content (AvgIpc) is 2.48. The maximum Gasteiger partial charge on any atom is 0.258 e. The van der Waals surface area contributed by atoms with Gasteiger partial charge in [0.25, 0.3) is 5.91 Å². The normalized spacial score (nSPS) is 9.90. The molecule has 20 heavy (non-hydrogen) atoms. The van der Waals surface area contributed by atoms with E-state index in [1.54, 1.807) is 30.1 Å². The van der Waals surface area contributed by atoms with E-state index < -0.39 is 0 Å². The first kappa shape index (κ1) is 13.8. The van der Waals surface area contributed by atoms with Crippen LogP contribution in [0.5, 0.6) is 0 Å². The summed E-state index contributed by atoms with van der Waals surface area (Å²) >= 11 is 0. The first-order valence-electron chi connectivity index (χ1n) is 6.38. The van der Waals surface area contributed by atoms with Crippen molar-refractivity contribution in [2.45, 2.75) is 13.8 Å². The van der Waals surface area contributed by atoms with Crippen molar-refractivity contribution in [1.29, 1.82) is 5.26 Å². The van der Waals surface area contributed by atoms with E-state index in [1.165, 1.54) is 0 Å². The Balaban J connectivity index is 2.32. The van der Waals surface area contributed by atoms with Crippen LogP contribution < -0.4 is 4.90 Å². The molecule has 0 N–H and O–H groups in total. The van der Waals surface area contributed by atoms with Gasteiger partial charge in [-0.25, -0.2) is 0 Å². The third kappa shape index (κ3) is 2.70. The maximum atomic E-state index is 12.5.